The van der Waals surface area contributed by atoms with Gasteiger partial charge in [-0.15, -0.1) is 12.4 Å². The number of nitrogens with zero attached hydrogens (tertiary/aromatic N) is 1. The first-order chi connectivity index (χ1) is 7.91. The van der Waals surface area contributed by atoms with Gasteiger partial charge in [0.25, 0.3) is 5.56 Å². The molecule has 0 saturated carbocycles. The lowest BCUT2D eigenvalue weighted by Gasteiger charge is -2.07. The molecule has 0 spiro atoms. The SMILES string of the molecule is CC(C)c1c(O)nc(SCCC(=O)O)[nH]c1=O.Cl. The molecular formula is C10H15ClN2O4S. The van der Waals surface area contributed by atoms with Crippen LogP contribution in [0.2, 0.25) is 0 Å². The van der Waals surface area contributed by atoms with Crippen molar-refractivity contribution in [2.24, 2.45) is 0 Å². The third-order valence-corrected chi connectivity index (χ3v) is 2.92. The van der Waals surface area contributed by atoms with Gasteiger partial charge in [0.1, 0.15) is 0 Å². The van der Waals surface area contributed by atoms with Crippen molar-refractivity contribution in [2.75, 3.05) is 5.75 Å². The van der Waals surface area contributed by atoms with E-state index in [0.717, 1.165) is 11.8 Å². The number of carboxylic acids is 1. The normalized spacial score (nSPS) is 10.2. The minimum absolute atomic E-state index is 0. The Balaban J connectivity index is 0.00000289. The van der Waals surface area contributed by atoms with Crippen molar-refractivity contribution in [1.29, 1.82) is 0 Å². The standard InChI is InChI=1S/C10H14N2O4S.ClH/c1-5(2)7-8(15)11-10(12-9(7)16)17-4-3-6(13)14;/h5H,3-4H2,1-2H3,(H,13,14)(H2,11,12,15,16);1H. The molecule has 1 aromatic rings. The zero-order valence-electron chi connectivity index (χ0n) is 9.97. The minimum Gasteiger partial charge on any atom is -0.493 e. The highest BCUT2D eigenvalue weighted by atomic mass is 35.5. The maximum Gasteiger partial charge on any atom is 0.304 e. The summed E-state index contributed by atoms with van der Waals surface area (Å²) in [6, 6.07) is 0. The fourth-order valence-corrected chi connectivity index (χ4v) is 2.06. The summed E-state index contributed by atoms with van der Waals surface area (Å²) in [5.41, 5.74) is -0.141. The van der Waals surface area contributed by atoms with Crippen LogP contribution in [0.1, 0.15) is 31.7 Å². The molecular weight excluding hydrogens is 280 g/mol. The number of rotatable bonds is 5. The summed E-state index contributed by atoms with van der Waals surface area (Å²) >= 11 is 1.09. The van der Waals surface area contributed by atoms with E-state index >= 15 is 0 Å². The van der Waals surface area contributed by atoms with Gasteiger partial charge in [-0.05, 0) is 5.92 Å². The van der Waals surface area contributed by atoms with E-state index in [-0.39, 0.29) is 46.9 Å². The first-order valence-corrected chi connectivity index (χ1v) is 6.08. The third kappa shape index (κ3) is 4.58. The summed E-state index contributed by atoms with van der Waals surface area (Å²) < 4.78 is 0. The van der Waals surface area contributed by atoms with Gasteiger partial charge < -0.3 is 15.2 Å². The molecule has 8 heteroatoms. The van der Waals surface area contributed by atoms with Gasteiger partial charge in [-0.1, -0.05) is 25.6 Å². The highest BCUT2D eigenvalue weighted by molar-refractivity contribution is 7.99. The van der Waals surface area contributed by atoms with Gasteiger partial charge in [-0.25, -0.2) is 0 Å². The van der Waals surface area contributed by atoms with Crippen LogP contribution in [0, 0.1) is 0 Å². The zero-order chi connectivity index (χ0) is 13.0. The van der Waals surface area contributed by atoms with E-state index in [2.05, 4.69) is 9.97 Å². The predicted octanol–water partition coefficient (Wildman–Crippen LogP) is 1.59. The van der Waals surface area contributed by atoms with E-state index in [1.165, 1.54) is 0 Å². The van der Waals surface area contributed by atoms with Gasteiger partial charge in [0.2, 0.25) is 5.88 Å². The van der Waals surface area contributed by atoms with Crippen LogP contribution in [0.4, 0.5) is 0 Å². The molecule has 0 aliphatic carbocycles. The van der Waals surface area contributed by atoms with E-state index in [9.17, 15) is 14.7 Å². The molecule has 3 N–H and O–H groups in total. The predicted molar refractivity (Wildman–Crippen MR) is 70.8 cm³/mol. The summed E-state index contributed by atoms with van der Waals surface area (Å²) in [6.45, 7) is 3.56. The number of hydrogen-bond donors (Lipinski definition) is 3. The lowest BCUT2D eigenvalue weighted by Crippen LogP contribution is -2.16. The number of aromatic nitrogens is 2. The van der Waals surface area contributed by atoms with E-state index < -0.39 is 5.97 Å². The van der Waals surface area contributed by atoms with Crippen LogP contribution < -0.4 is 5.56 Å². The molecule has 0 aromatic carbocycles. The van der Waals surface area contributed by atoms with Gasteiger partial charge >= 0.3 is 5.97 Å². The Hall–Kier alpha value is -1.21. The van der Waals surface area contributed by atoms with E-state index in [1.54, 1.807) is 13.8 Å². The van der Waals surface area contributed by atoms with E-state index in [4.69, 9.17) is 5.11 Å². The van der Waals surface area contributed by atoms with Crippen LogP contribution in [-0.2, 0) is 4.79 Å². The summed E-state index contributed by atoms with van der Waals surface area (Å²) in [5.74, 6) is -1.03. The van der Waals surface area contributed by atoms with Crippen molar-refractivity contribution in [3.63, 3.8) is 0 Å². The topological polar surface area (TPSA) is 103 Å². The van der Waals surface area contributed by atoms with E-state index in [1.807, 2.05) is 0 Å². The Bertz CT molecular complexity index is 475. The number of hydrogen-bond acceptors (Lipinski definition) is 5. The maximum absolute atomic E-state index is 11.6. The third-order valence-electron chi connectivity index (χ3n) is 2.05. The number of aromatic amines is 1. The Morgan fingerprint density at radius 3 is 2.56 bits per heavy atom. The Morgan fingerprint density at radius 2 is 2.11 bits per heavy atom. The van der Waals surface area contributed by atoms with Crippen molar-refractivity contribution < 1.29 is 15.0 Å². The van der Waals surface area contributed by atoms with Crippen LogP contribution in [0.3, 0.4) is 0 Å². The van der Waals surface area contributed by atoms with Crippen molar-refractivity contribution in [1.82, 2.24) is 9.97 Å². The minimum atomic E-state index is -0.914. The molecule has 0 fully saturated rings. The molecule has 0 saturated heterocycles. The molecule has 1 rings (SSSR count). The summed E-state index contributed by atoms with van der Waals surface area (Å²) in [4.78, 5) is 28.3. The monoisotopic (exact) mass is 294 g/mol. The molecule has 0 aliphatic heterocycles. The number of thioether (sulfide) groups is 1. The van der Waals surface area contributed by atoms with Gasteiger partial charge in [0.15, 0.2) is 5.16 Å². The molecule has 0 radical (unpaired) electrons. The number of aromatic hydroxyl groups is 1. The molecule has 0 atom stereocenters. The lowest BCUT2D eigenvalue weighted by molar-refractivity contribution is -0.136. The van der Waals surface area contributed by atoms with Crippen molar-refractivity contribution in [3.05, 3.63) is 15.9 Å². The van der Waals surface area contributed by atoms with Gasteiger partial charge in [-0.2, -0.15) is 4.98 Å². The first-order valence-electron chi connectivity index (χ1n) is 5.09. The fraction of sp³-hybridized carbons (Fsp3) is 0.500. The first kappa shape index (κ1) is 16.8. The summed E-state index contributed by atoms with van der Waals surface area (Å²) in [6.07, 6.45) is -0.0267. The number of carbonyl (C=O) groups is 1. The smallest absolute Gasteiger partial charge is 0.304 e. The number of aliphatic carboxylic acids is 1. The molecule has 0 unspecified atom stereocenters. The Morgan fingerprint density at radius 1 is 1.50 bits per heavy atom. The molecule has 6 nitrogen and oxygen atoms in total. The Labute approximate surface area is 114 Å². The highest BCUT2D eigenvalue weighted by Gasteiger charge is 2.14. The summed E-state index contributed by atoms with van der Waals surface area (Å²) in [5, 5.41) is 18.3. The van der Waals surface area contributed by atoms with Crippen LogP contribution in [-0.4, -0.2) is 31.9 Å². The van der Waals surface area contributed by atoms with Crippen LogP contribution in [0.25, 0.3) is 0 Å². The summed E-state index contributed by atoms with van der Waals surface area (Å²) in [7, 11) is 0. The lowest BCUT2D eigenvalue weighted by atomic mass is 10.1. The zero-order valence-corrected chi connectivity index (χ0v) is 11.6. The quantitative estimate of drug-likeness (QED) is 0.563. The molecule has 1 heterocycles. The fourth-order valence-electron chi connectivity index (χ4n) is 1.27. The van der Waals surface area contributed by atoms with Crippen molar-refractivity contribution in [3.8, 4) is 5.88 Å². The van der Waals surface area contributed by atoms with Gasteiger partial charge in [0.05, 0.1) is 12.0 Å². The second-order valence-corrected chi connectivity index (χ2v) is 4.84. The number of halogens is 1. The second kappa shape index (κ2) is 7.27. The molecule has 0 amide bonds. The molecule has 102 valence electrons. The molecule has 0 bridgehead atoms. The largest absolute Gasteiger partial charge is 0.493 e. The highest BCUT2D eigenvalue weighted by Crippen LogP contribution is 2.21. The van der Waals surface area contributed by atoms with Gasteiger partial charge in [0, 0.05) is 5.75 Å². The average molecular weight is 295 g/mol. The van der Waals surface area contributed by atoms with Crippen LogP contribution in [0.5, 0.6) is 5.88 Å². The van der Waals surface area contributed by atoms with Crippen molar-refractivity contribution in [2.45, 2.75) is 31.3 Å². The molecule has 1 aromatic heterocycles. The number of nitrogens with one attached hydrogen (secondary N) is 1. The maximum atomic E-state index is 11.6. The number of H-pyrrole nitrogens is 1. The number of carboxylic acid groups (broad SMARTS) is 1. The van der Waals surface area contributed by atoms with Crippen molar-refractivity contribution >= 4 is 30.1 Å². The molecule has 18 heavy (non-hydrogen) atoms. The second-order valence-electron chi connectivity index (χ2n) is 3.76. The van der Waals surface area contributed by atoms with E-state index in [0.29, 0.717) is 5.75 Å². The Kier molecular flexibility index (Phi) is 6.79. The van der Waals surface area contributed by atoms with Crippen LogP contribution in [0.15, 0.2) is 9.95 Å². The average Bonchev–Trinajstić information content (AvgIpc) is 2.14. The molecule has 0 aliphatic rings. The van der Waals surface area contributed by atoms with Crippen LogP contribution >= 0.6 is 24.2 Å². The van der Waals surface area contributed by atoms with Gasteiger partial charge in [-0.3, -0.25) is 9.59 Å².